The van der Waals surface area contributed by atoms with Gasteiger partial charge in [0.2, 0.25) is 0 Å². The van der Waals surface area contributed by atoms with Crippen molar-refractivity contribution in [2.45, 2.75) is 18.7 Å². The number of hydrogen-bond acceptors (Lipinski definition) is 2. The van der Waals surface area contributed by atoms with Gasteiger partial charge in [0.05, 0.1) is 11.6 Å². The summed E-state index contributed by atoms with van der Waals surface area (Å²) in [5.41, 5.74) is 3.28. The lowest BCUT2D eigenvalue weighted by molar-refractivity contribution is 0.0277. The van der Waals surface area contributed by atoms with Gasteiger partial charge in [0.15, 0.2) is 0 Å². The van der Waals surface area contributed by atoms with E-state index < -0.39 is 0 Å². The molecular formula is C19H15Cl3N2O. The zero-order chi connectivity index (χ0) is 17.1. The topological polar surface area (TPSA) is 26.2 Å². The first-order chi connectivity index (χ1) is 12.1. The summed E-state index contributed by atoms with van der Waals surface area (Å²) in [7, 11) is 0. The van der Waals surface area contributed by atoms with Gasteiger partial charge in [0.1, 0.15) is 6.23 Å². The summed E-state index contributed by atoms with van der Waals surface area (Å²) in [5, 5.41) is 6.70. The van der Waals surface area contributed by atoms with Gasteiger partial charge in [-0.05, 0) is 42.3 Å². The Morgan fingerprint density at radius 3 is 2.64 bits per heavy atom. The molecule has 1 saturated heterocycles. The first-order valence-corrected chi connectivity index (χ1v) is 9.38. The van der Waals surface area contributed by atoms with Crippen LogP contribution in [0.2, 0.25) is 15.1 Å². The number of nitrogens with one attached hydrogen (secondary N) is 1. The molecule has 2 aliphatic heterocycles. The fourth-order valence-electron chi connectivity index (χ4n) is 4.18. The Morgan fingerprint density at radius 2 is 1.84 bits per heavy atom. The van der Waals surface area contributed by atoms with Crippen molar-refractivity contribution in [3.8, 4) is 0 Å². The maximum Gasteiger partial charge on any atom is 0.139 e. The maximum absolute atomic E-state index is 6.41. The molecule has 1 aromatic heterocycles. The normalized spacial score (nSPS) is 24.5. The number of aromatic nitrogens is 1. The summed E-state index contributed by atoms with van der Waals surface area (Å²) in [5.74, 6) is 0.335. The molecule has 0 spiro atoms. The molecule has 6 heteroatoms. The Balaban J connectivity index is 1.66. The van der Waals surface area contributed by atoms with E-state index in [0.717, 1.165) is 34.6 Å². The molecule has 2 aromatic carbocycles. The molecule has 0 radical (unpaired) electrons. The second-order valence-electron chi connectivity index (χ2n) is 6.62. The smallest absolute Gasteiger partial charge is 0.139 e. The molecule has 0 aliphatic carbocycles. The summed E-state index contributed by atoms with van der Waals surface area (Å²) < 4.78 is 8.26. The number of fused-ring (bicyclic) bond motifs is 2. The van der Waals surface area contributed by atoms with Crippen LogP contribution in [0.25, 0.3) is 10.9 Å². The van der Waals surface area contributed by atoms with Crippen LogP contribution in [-0.2, 0) is 4.74 Å². The molecule has 128 valence electrons. The summed E-state index contributed by atoms with van der Waals surface area (Å²) in [6.07, 6.45) is 3.10. The first-order valence-electron chi connectivity index (χ1n) is 8.25. The summed E-state index contributed by atoms with van der Waals surface area (Å²) in [6.45, 7) is 0.755. The van der Waals surface area contributed by atoms with Crippen LogP contribution in [0.1, 0.15) is 24.3 Å². The third kappa shape index (κ3) is 2.45. The van der Waals surface area contributed by atoms with E-state index in [1.807, 2.05) is 18.2 Å². The molecule has 5 rings (SSSR count). The van der Waals surface area contributed by atoms with Crippen LogP contribution in [0.5, 0.6) is 0 Å². The number of halogens is 3. The molecule has 2 aliphatic rings. The predicted octanol–water partition coefficient (Wildman–Crippen LogP) is 6.30. The van der Waals surface area contributed by atoms with Crippen LogP contribution in [-0.4, -0.2) is 11.2 Å². The fourth-order valence-corrected chi connectivity index (χ4v) is 4.92. The molecule has 0 saturated carbocycles. The Labute approximate surface area is 160 Å². The largest absolute Gasteiger partial charge is 0.378 e. The molecule has 3 atom stereocenters. The van der Waals surface area contributed by atoms with Gasteiger partial charge in [-0.15, -0.1) is 0 Å². The fraction of sp³-hybridized carbons (Fsp3) is 0.263. The van der Waals surface area contributed by atoms with Crippen molar-refractivity contribution in [2.75, 3.05) is 11.9 Å². The molecule has 3 nitrogen and oxygen atoms in total. The zero-order valence-electron chi connectivity index (χ0n) is 13.2. The van der Waals surface area contributed by atoms with E-state index in [9.17, 15) is 0 Å². The Kier molecular flexibility index (Phi) is 3.68. The number of nitrogens with zero attached hydrogens (tertiary/aromatic N) is 1. The highest BCUT2D eigenvalue weighted by atomic mass is 35.5. The molecule has 3 heterocycles. The Morgan fingerprint density at radius 1 is 1.04 bits per heavy atom. The average Bonchev–Trinajstić information content (AvgIpc) is 3.19. The van der Waals surface area contributed by atoms with E-state index >= 15 is 0 Å². The summed E-state index contributed by atoms with van der Waals surface area (Å²) >= 11 is 18.8. The van der Waals surface area contributed by atoms with Crippen LogP contribution in [0.3, 0.4) is 0 Å². The predicted molar refractivity (Wildman–Crippen MR) is 103 cm³/mol. The highest BCUT2D eigenvalue weighted by Crippen LogP contribution is 2.49. The zero-order valence-corrected chi connectivity index (χ0v) is 15.4. The molecule has 0 bridgehead atoms. The number of benzene rings is 2. The second kappa shape index (κ2) is 5.82. The minimum absolute atomic E-state index is 0.0237. The number of ether oxygens (including phenoxy) is 1. The van der Waals surface area contributed by atoms with Crippen molar-refractivity contribution in [1.82, 2.24) is 4.57 Å². The monoisotopic (exact) mass is 392 g/mol. The molecular weight excluding hydrogens is 379 g/mol. The average molecular weight is 394 g/mol. The Bertz CT molecular complexity index is 964. The quantitative estimate of drug-likeness (QED) is 0.552. The van der Waals surface area contributed by atoms with Gasteiger partial charge in [-0.25, -0.2) is 0 Å². The van der Waals surface area contributed by atoms with Crippen LogP contribution in [0.15, 0.2) is 42.6 Å². The lowest BCUT2D eigenvalue weighted by atomic mass is 9.86. The minimum Gasteiger partial charge on any atom is -0.378 e. The van der Waals surface area contributed by atoms with Crippen LogP contribution < -0.4 is 5.32 Å². The lowest BCUT2D eigenvalue weighted by Crippen LogP contribution is -2.30. The van der Waals surface area contributed by atoms with Gasteiger partial charge in [-0.2, -0.15) is 0 Å². The van der Waals surface area contributed by atoms with E-state index in [2.05, 4.69) is 28.2 Å². The summed E-state index contributed by atoms with van der Waals surface area (Å²) in [4.78, 5) is 0. The summed E-state index contributed by atoms with van der Waals surface area (Å²) in [6, 6.07) is 11.8. The van der Waals surface area contributed by atoms with Gasteiger partial charge < -0.3 is 14.6 Å². The van der Waals surface area contributed by atoms with E-state index in [4.69, 9.17) is 39.5 Å². The van der Waals surface area contributed by atoms with Crippen molar-refractivity contribution >= 4 is 51.4 Å². The van der Waals surface area contributed by atoms with Crippen LogP contribution >= 0.6 is 34.8 Å². The molecule has 25 heavy (non-hydrogen) atoms. The van der Waals surface area contributed by atoms with Gasteiger partial charge in [-0.1, -0.05) is 40.9 Å². The van der Waals surface area contributed by atoms with Crippen LogP contribution in [0.4, 0.5) is 5.69 Å². The molecule has 1 fully saturated rings. The van der Waals surface area contributed by atoms with Gasteiger partial charge in [0.25, 0.3) is 0 Å². The third-order valence-electron chi connectivity index (χ3n) is 5.18. The maximum atomic E-state index is 6.41. The standard InChI is InChI=1S/C19H15Cl3N2O/c20-10-7-11(21)9-12(8-10)23-17-14-1-2-16(22)13-3-5-24(18(13)14)19-15(17)4-6-25-19/h1-3,5,7-9,15,17,19,23H,4,6H2/t15-,17-,19-/m0/s1. The molecule has 3 aromatic rings. The van der Waals surface area contributed by atoms with Crippen molar-refractivity contribution in [3.63, 3.8) is 0 Å². The highest BCUT2D eigenvalue weighted by molar-refractivity contribution is 6.35. The van der Waals surface area contributed by atoms with E-state index in [0.29, 0.717) is 16.0 Å². The molecule has 1 N–H and O–H groups in total. The molecule has 0 unspecified atom stereocenters. The van der Waals surface area contributed by atoms with Crippen molar-refractivity contribution in [1.29, 1.82) is 0 Å². The van der Waals surface area contributed by atoms with Gasteiger partial charge >= 0.3 is 0 Å². The number of hydrogen-bond donors (Lipinski definition) is 1. The first kappa shape index (κ1) is 15.8. The minimum atomic E-state index is 0.0237. The van der Waals surface area contributed by atoms with Crippen molar-refractivity contribution in [3.05, 3.63) is 63.2 Å². The van der Waals surface area contributed by atoms with E-state index in [1.165, 1.54) is 5.56 Å². The van der Waals surface area contributed by atoms with Crippen molar-refractivity contribution < 1.29 is 4.74 Å². The van der Waals surface area contributed by atoms with Crippen molar-refractivity contribution in [2.24, 2.45) is 5.92 Å². The lowest BCUT2D eigenvalue weighted by Gasteiger charge is -2.36. The Hall–Kier alpha value is -1.39. The number of anilines is 1. The van der Waals surface area contributed by atoms with Gasteiger partial charge in [-0.3, -0.25) is 0 Å². The number of rotatable bonds is 2. The highest BCUT2D eigenvalue weighted by Gasteiger charge is 2.42. The van der Waals surface area contributed by atoms with Crippen LogP contribution in [0, 0.1) is 5.92 Å². The van der Waals surface area contributed by atoms with E-state index in [-0.39, 0.29) is 12.3 Å². The second-order valence-corrected chi connectivity index (χ2v) is 7.90. The van der Waals surface area contributed by atoms with E-state index in [1.54, 1.807) is 6.07 Å². The molecule has 0 amide bonds. The third-order valence-corrected chi connectivity index (χ3v) is 5.95. The SMILES string of the molecule is Clc1cc(Cl)cc(N[C@H]2c3ccc(Cl)c4ccn(c34)[C@H]3OCC[C@@H]23)c1. The van der Waals surface area contributed by atoms with Gasteiger partial charge in [0, 0.05) is 44.9 Å².